The van der Waals surface area contributed by atoms with Gasteiger partial charge in [-0.05, 0) is 18.3 Å². The molecule has 0 aromatic carbocycles. The zero-order chi connectivity index (χ0) is 15.9. The van der Waals surface area contributed by atoms with E-state index in [2.05, 4.69) is 26.9 Å². The third kappa shape index (κ3) is 2.41. The van der Waals surface area contributed by atoms with Gasteiger partial charge in [-0.25, -0.2) is 0 Å². The van der Waals surface area contributed by atoms with Gasteiger partial charge in [0, 0.05) is 19.2 Å². The van der Waals surface area contributed by atoms with Crippen molar-refractivity contribution in [2.45, 2.75) is 12.5 Å². The average Bonchev–Trinajstić information content (AvgIpc) is 3.07. The maximum Gasteiger partial charge on any atom is 0.273 e. The van der Waals surface area contributed by atoms with Crippen molar-refractivity contribution in [1.29, 1.82) is 0 Å². The van der Waals surface area contributed by atoms with Gasteiger partial charge in [-0.3, -0.25) is 9.59 Å². The summed E-state index contributed by atoms with van der Waals surface area (Å²) in [4.78, 5) is 23.6. The standard InChI is InChI=1S/C14H16ClN5O2/c1-17-14(22)12-8(5-9(15)19-20-12)18-11-7-3-2-6(4-7)10(11)13(16)21/h2-3,5-7,10-11H,4H2,1H3,(H2,16,21)(H,17,22)(H,18,19). The molecule has 4 unspecified atom stereocenters. The second-order valence-electron chi connectivity index (χ2n) is 5.56. The van der Waals surface area contributed by atoms with Crippen molar-refractivity contribution < 1.29 is 9.59 Å². The molecule has 2 bridgehead atoms. The molecule has 0 aliphatic heterocycles. The number of halogens is 1. The van der Waals surface area contributed by atoms with Crippen LogP contribution in [0.2, 0.25) is 5.15 Å². The minimum Gasteiger partial charge on any atom is -0.379 e. The highest BCUT2D eigenvalue weighted by Gasteiger charge is 2.47. The third-order valence-corrected chi connectivity index (χ3v) is 4.50. The number of primary amides is 1. The molecule has 2 amide bonds. The number of nitrogens with zero attached hydrogens (tertiary/aromatic N) is 2. The number of aromatic nitrogens is 2. The number of hydrogen-bond acceptors (Lipinski definition) is 5. The molecule has 0 spiro atoms. The van der Waals surface area contributed by atoms with Gasteiger partial charge in [-0.2, -0.15) is 0 Å². The van der Waals surface area contributed by atoms with Crippen LogP contribution in [0.5, 0.6) is 0 Å². The van der Waals surface area contributed by atoms with Crippen molar-refractivity contribution in [3.05, 3.63) is 29.1 Å². The molecule has 1 heterocycles. The van der Waals surface area contributed by atoms with E-state index in [0.717, 1.165) is 6.42 Å². The minimum atomic E-state index is -0.374. The summed E-state index contributed by atoms with van der Waals surface area (Å²) in [6.45, 7) is 0. The number of allylic oxidation sites excluding steroid dienone is 1. The van der Waals surface area contributed by atoms with Crippen molar-refractivity contribution in [3.8, 4) is 0 Å². The Morgan fingerprint density at radius 2 is 2.05 bits per heavy atom. The Labute approximate surface area is 132 Å². The smallest absolute Gasteiger partial charge is 0.273 e. The molecule has 1 saturated carbocycles. The van der Waals surface area contributed by atoms with Crippen LogP contribution in [0, 0.1) is 17.8 Å². The van der Waals surface area contributed by atoms with Gasteiger partial charge in [-0.1, -0.05) is 23.8 Å². The molecule has 0 saturated heterocycles. The summed E-state index contributed by atoms with van der Waals surface area (Å²) < 4.78 is 0. The monoisotopic (exact) mass is 321 g/mol. The quantitative estimate of drug-likeness (QED) is 0.703. The maximum atomic E-state index is 11.9. The Hall–Kier alpha value is -2.15. The fourth-order valence-electron chi connectivity index (χ4n) is 3.35. The lowest BCUT2D eigenvalue weighted by Crippen LogP contribution is -2.41. The first-order valence-corrected chi connectivity index (χ1v) is 7.38. The highest BCUT2D eigenvalue weighted by molar-refractivity contribution is 6.29. The highest BCUT2D eigenvalue weighted by atomic mass is 35.5. The van der Waals surface area contributed by atoms with Crippen LogP contribution in [0.25, 0.3) is 0 Å². The molecule has 1 aromatic heterocycles. The van der Waals surface area contributed by atoms with Crippen LogP contribution in [0.4, 0.5) is 5.69 Å². The molecule has 1 fully saturated rings. The van der Waals surface area contributed by atoms with Crippen molar-refractivity contribution in [2.75, 3.05) is 12.4 Å². The van der Waals surface area contributed by atoms with Crippen molar-refractivity contribution >= 4 is 29.1 Å². The first kappa shape index (κ1) is 14.8. The second kappa shape index (κ2) is 5.57. The normalized spacial score (nSPS) is 28.6. The molecule has 1 aromatic rings. The highest BCUT2D eigenvalue weighted by Crippen LogP contribution is 2.45. The molecule has 2 aliphatic carbocycles. The molecule has 3 rings (SSSR count). The van der Waals surface area contributed by atoms with Crippen LogP contribution in [0.1, 0.15) is 16.9 Å². The van der Waals surface area contributed by atoms with Crippen molar-refractivity contribution in [2.24, 2.45) is 23.5 Å². The molecule has 4 atom stereocenters. The van der Waals surface area contributed by atoms with Crippen LogP contribution in [-0.2, 0) is 4.79 Å². The third-order valence-electron chi connectivity index (χ3n) is 4.32. The lowest BCUT2D eigenvalue weighted by Gasteiger charge is -2.28. The van der Waals surface area contributed by atoms with E-state index in [0.29, 0.717) is 5.69 Å². The molecule has 0 radical (unpaired) electrons. The number of nitrogens with two attached hydrogens (primary N) is 1. The summed E-state index contributed by atoms with van der Waals surface area (Å²) in [6, 6.07) is 1.36. The number of nitrogens with one attached hydrogen (secondary N) is 2. The molecular weight excluding hydrogens is 306 g/mol. The summed E-state index contributed by atoms with van der Waals surface area (Å²) >= 11 is 5.88. The molecule has 116 valence electrons. The molecule has 2 aliphatic rings. The van der Waals surface area contributed by atoms with E-state index in [-0.39, 0.29) is 46.5 Å². The number of fused-ring (bicyclic) bond motifs is 2. The second-order valence-corrected chi connectivity index (χ2v) is 5.94. The molecule has 7 nitrogen and oxygen atoms in total. The number of amides is 2. The van der Waals surface area contributed by atoms with Gasteiger partial charge in [0.15, 0.2) is 10.8 Å². The van der Waals surface area contributed by atoms with Crippen LogP contribution in [0.3, 0.4) is 0 Å². The molecule has 22 heavy (non-hydrogen) atoms. The zero-order valence-corrected chi connectivity index (χ0v) is 12.7. The summed E-state index contributed by atoms with van der Waals surface area (Å²) in [6.07, 6.45) is 5.00. The summed E-state index contributed by atoms with van der Waals surface area (Å²) in [5, 5.41) is 13.4. The predicted molar refractivity (Wildman–Crippen MR) is 81.3 cm³/mol. The predicted octanol–water partition coefficient (Wildman–Crippen LogP) is 0.577. The molecule has 8 heteroatoms. The first-order valence-electron chi connectivity index (χ1n) is 7.00. The topological polar surface area (TPSA) is 110 Å². The Morgan fingerprint density at radius 1 is 1.32 bits per heavy atom. The summed E-state index contributed by atoms with van der Waals surface area (Å²) in [5.41, 5.74) is 6.13. The van der Waals surface area contributed by atoms with E-state index in [1.165, 1.54) is 13.1 Å². The number of anilines is 1. The van der Waals surface area contributed by atoms with E-state index in [4.69, 9.17) is 17.3 Å². The zero-order valence-electron chi connectivity index (χ0n) is 11.9. The van der Waals surface area contributed by atoms with E-state index >= 15 is 0 Å². The lowest BCUT2D eigenvalue weighted by molar-refractivity contribution is -0.122. The minimum absolute atomic E-state index is 0.141. The van der Waals surface area contributed by atoms with E-state index in [1.807, 2.05) is 6.08 Å². The van der Waals surface area contributed by atoms with Crippen LogP contribution < -0.4 is 16.4 Å². The summed E-state index contributed by atoms with van der Waals surface area (Å²) in [5.74, 6) is -0.676. The largest absolute Gasteiger partial charge is 0.379 e. The van der Waals surface area contributed by atoms with Gasteiger partial charge in [0.05, 0.1) is 11.6 Å². The fraction of sp³-hybridized carbons (Fsp3) is 0.429. The Morgan fingerprint density at radius 3 is 2.73 bits per heavy atom. The fourth-order valence-corrected chi connectivity index (χ4v) is 3.50. The Balaban J connectivity index is 1.92. The average molecular weight is 322 g/mol. The number of rotatable bonds is 4. The SMILES string of the molecule is CNC(=O)c1nnc(Cl)cc1NC1C2C=CC(C2)C1C(N)=O. The van der Waals surface area contributed by atoms with Crippen LogP contribution >= 0.6 is 11.6 Å². The van der Waals surface area contributed by atoms with Crippen molar-refractivity contribution in [3.63, 3.8) is 0 Å². The molecular formula is C14H16ClN5O2. The van der Waals surface area contributed by atoms with Crippen LogP contribution in [0.15, 0.2) is 18.2 Å². The number of carbonyl (C=O) groups is 2. The van der Waals surface area contributed by atoms with Gasteiger partial charge >= 0.3 is 0 Å². The maximum absolute atomic E-state index is 11.9. The number of hydrogen-bond donors (Lipinski definition) is 3. The summed E-state index contributed by atoms with van der Waals surface area (Å²) in [7, 11) is 1.51. The van der Waals surface area contributed by atoms with Crippen LogP contribution in [-0.4, -0.2) is 35.1 Å². The van der Waals surface area contributed by atoms with Crippen molar-refractivity contribution in [1.82, 2.24) is 15.5 Å². The Bertz CT molecular complexity index is 663. The van der Waals surface area contributed by atoms with Gasteiger partial charge in [-0.15, -0.1) is 10.2 Å². The van der Waals surface area contributed by atoms with Gasteiger partial charge < -0.3 is 16.4 Å². The molecule has 4 N–H and O–H groups in total. The number of carbonyl (C=O) groups excluding carboxylic acids is 2. The van der Waals surface area contributed by atoms with E-state index < -0.39 is 0 Å². The Kier molecular flexibility index (Phi) is 3.74. The van der Waals surface area contributed by atoms with E-state index in [9.17, 15) is 9.59 Å². The van der Waals surface area contributed by atoms with E-state index in [1.54, 1.807) is 0 Å². The first-order chi connectivity index (χ1) is 10.5. The lowest BCUT2D eigenvalue weighted by atomic mass is 9.88. The van der Waals surface area contributed by atoms with Gasteiger partial charge in [0.1, 0.15) is 0 Å². The van der Waals surface area contributed by atoms with Gasteiger partial charge in [0.25, 0.3) is 5.91 Å². The van der Waals surface area contributed by atoms with Gasteiger partial charge in [0.2, 0.25) is 5.91 Å².